The lowest BCUT2D eigenvalue weighted by Gasteiger charge is -2.09. The maximum atomic E-state index is 12.3. The zero-order valence-electron chi connectivity index (χ0n) is 11.8. The highest BCUT2D eigenvalue weighted by atomic mass is 32.2. The molecule has 0 unspecified atom stereocenters. The lowest BCUT2D eigenvalue weighted by molar-refractivity contribution is -0.136. The second-order valence-electron chi connectivity index (χ2n) is 4.55. The Kier molecular flexibility index (Phi) is 4.67. The first kappa shape index (κ1) is 15.8. The second kappa shape index (κ2) is 6.48. The van der Waals surface area contributed by atoms with Crippen molar-refractivity contribution in [2.45, 2.75) is 11.3 Å². The highest BCUT2D eigenvalue weighted by Gasteiger charge is 2.14. The average molecular weight is 321 g/mol. The minimum absolute atomic E-state index is 0.0597. The molecule has 116 valence electrons. The first-order valence-electron chi connectivity index (χ1n) is 6.38. The fourth-order valence-electron chi connectivity index (χ4n) is 1.86. The Bertz CT molecular complexity index is 769. The number of carbonyl (C=O) groups is 1. The molecule has 6 nitrogen and oxygen atoms in total. The van der Waals surface area contributed by atoms with Crippen LogP contribution in [0.1, 0.15) is 5.56 Å². The smallest absolute Gasteiger partial charge is 0.307 e. The number of hydrogen-bond donors (Lipinski definition) is 2. The largest absolute Gasteiger partial charge is 0.497 e. The Morgan fingerprint density at radius 1 is 1.18 bits per heavy atom. The number of hydrogen-bond acceptors (Lipinski definition) is 4. The quantitative estimate of drug-likeness (QED) is 0.850. The molecule has 0 radical (unpaired) electrons. The van der Waals surface area contributed by atoms with Crippen LogP contribution in [-0.2, 0) is 21.2 Å². The number of aliphatic carboxylic acids is 1. The van der Waals surface area contributed by atoms with Crippen molar-refractivity contribution in [2.24, 2.45) is 0 Å². The summed E-state index contributed by atoms with van der Waals surface area (Å²) in [5.41, 5.74) is 0.918. The third-order valence-corrected chi connectivity index (χ3v) is 4.31. The summed E-state index contributed by atoms with van der Waals surface area (Å²) in [6, 6.07) is 12.3. The van der Waals surface area contributed by atoms with Gasteiger partial charge in [-0.25, -0.2) is 8.42 Å². The molecule has 0 amide bonds. The van der Waals surface area contributed by atoms with Crippen molar-refractivity contribution in [2.75, 3.05) is 11.8 Å². The summed E-state index contributed by atoms with van der Waals surface area (Å²) in [5, 5.41) is 8.70. The second-order valence-corrected chi connectivity index (χ2v) is 6.23. The van der Waals surface area contributed by atoms with E-state index in [0.29, 0.717) is 17.0 Å². The van der Waals surface area contributed by atoms with Gasteiger partial charge in [-0.2, -0.15) is 0 Å². The van der Waals surface area contributed by atoms with Crippen LogP contribution in [0.2, 0.25) is 0 Å². The fraction of sp³-hybridized carbons (Fsp3) is 0.133. The standard InChI is InChI=1S/C15H15NO5S/c1-21-13-4-2-3-12(10-13)16-22(19,20)14-7-5-11(6-8-14)9-15(17)18/h2-8,10,16H,9H2,1H3,(H,17,18). The van der Waals surface area contributed by atoms with E-state index in [2.05, 4.69) is 4.72 Å². The van der Waals surface area contributed by atoms with Crippen LogP contribution in [0.3, 0.4) is 0 Å². The summed E-state index contributed by atoms with van der Waals surface area (Å²) in [6.45, 7) is 0. The normalized spacial score (nSPS) is 11.0. The topological polar surface area (TPSA) is 92.7 Å². The Balaban J connectivity index is 2.20. The van der Waals surface area contributed by atoms with E-state index in [4.69, 9.17) is 9.84 Å². The van der Waals surface area contributed by atoms with Gasteiger partial charge in [0.1, 0.15) is 5.75 Å². The molecule has 0 heterocycles. The molecule has 0 saturated carbocycles. The molecule has 0 aliphatic rings. The number of ether oxygens (including phenoxy) is 1. The van der Waals surface area contributed by atoms with E-state index in [1.807, 2.05) is 0 Å². The van der Waals surface area contributed by atoms with Crippen LogP contribution in [0.25, 0.3) is 0 Å². The van der Waals surface area contributed by atoms with E-state index in [1.165, 1.54) is 31.4 Å². The Labute approximate surface area is 128 Å². The third-order valence-electron chi connectivity index (χ3n) is 2.91. The van der Waals surface area contributed by atoms with Crippen molar-refractivity contribution in [1.29, 1.82) is 0 Å². The SMILES string of the molecule is COc1cccc(NS(=O)(=O)c2ccc(CC(=O)O)cc2)c1. The van der Waals surface area contributed by atoms with Gasteiger partial charge in [0.25, 0.3) is 10.0 Å². The molecule has 0 aliphatic heterocycles. The number of benzene rings is 2. The van der Waals surface area contributed by atoms with Crippen molar-refractivity contribution >= 4 is 21.7 Å². The first-order valence-corrected chi connectivity index (χ1v) is 7.86. The number of carboxylic acid groups (broad SMARTS) is 1. The molecule has 2 aromatic carbocycles. The molecule has 0 atom stereocenters. The Hall–Kier alpha value is -2.54. The number of anilines is 1. The average Bonchev–Trinajstić information content (AvgIpc) is 2.47. The van der Waals surface area contributed by atoms with Gasteiger partial charge in [0, 0.05) is 6.07 Å². The van der Waals surface area contributed by atoms with Crippen molar-refractivity contribution in [1.82, 2.24) is 0 Å². The van der Waals surface area contributed by atoms with E-state index in [0.717, 1.165) is 0 Å². The van der Waals surface area contributed by atoms with Crippen LogP contribution in [0.5, 0.6) is 5.75 Å². The van der Waals surface area contributed by atoms with Crippen molar-refractivity contribution in [3.8, 4) is 5.75 Å². The number of methoxy groups -OCH3 is 1. The van der Waals surface area contributed by atoms with Gasteiger partial charge in [-0.15, -0.1) is 0 Å². The van der Waals surface area contributed by atoms with Gasteiger partial charge in [-0.3, -0.25) is 9.52 Å². The summed E-state index contributed by atoms with van der Waals surface area (Å²) in [7, 11) is -2.24. The fourth-order valence-corrected chi connectivity index (χ4v) is 2.91. The summed E-state index contributed by atoms with van der Waals surface area (Å²) in [6.07, 6.45) is -0.149. The van der Waals surface area contributed by atoms with E-state index >= 15 is 0 Å². The Morgan fingerprint density at radius 2 is 1.86 bits per heavy atom. The van der Waals surface area contributed by atoms with Crippen molar-refractivity contribution in [3.63, 3.8) is 0 Å². The zero-order valence-corrected chi connectivity index (χ0v) is 12.6. The minimum atomic E-state index is -3.74. The van der Waals surface area contributed by atoms with Crippen LogP contribution < -0.4 is 9.46 Å². The zero-order chi connectivity index (χ0) is 16.2. The summed E-state index contributed by atoms with van der Waals surface area (Å²) >= 11 is 0. The number of nitrogens with one attached hydrogen (secondary N) is 1. The lowest BCUT2D eigenvalue weighted by atomic mass is 10.2. The predicted octanol–water partition coefficient (Wildman–Crippen LogP) is 2.12. The Morgan fingerprint density at radius 3 is 2.45 bits per heavy atom. The van der Waals surface area contributed by atoms with Crippen molar-refractivity contribution in [3.05, 3.63) is 54.1 Å². The van der Waals surface area contributed by atoms with E-state index in [-0.39, 0.29) is 11.3 Å². The van der Waals surface area contributed by atoms with Gasteiger partial charge in [0.15, 0.2) is 0 Å². The maximum Gasteiger partial charge on any atom is 0.307 e. The van der Waals surface area contributed by atoms with Crippen LogP contribution in [0, 0.1) is 0 Å². The number of rotatable bonds is 6. The number of carboxylic acids is 1. The monoisotopic (exact) mass is 321 g/mol. The summed E-state index contributed by atoms with van der Waals surface area (Å²) in [5.74, 6) is -0.429. The van der Waals surface area contributed by atoms with Crippen LogP contribution in [0.15, 0.2) is 53.4 Å². The van der Waals surface area contributed by atoms with Crippen LogP contribution >= 0.6 is 0 Å². The molecule has 2 rings (SSSR count). The highest BCUT2D eigenvalue weighted by Crippen LogP contribution is 2.20. The molecule has 0 fully saturated rings. The van der Waals surface area contributed by atoms with E-state index in [9.17, 15) is 13.2 Å². The van der Waals surface area contributed by atoms with Gasteiger partial charge in [-0.05, 0) is 29.8 Å². The van der Waals surface area contributed by atoms with Gasteiger partial charge >= 0.3 is 5.97 Å². The molecule has 2 N–H and O–H groups in total. The van der Waals surface area contributed by atoms with Crippen LogP contribution in [0.4, 0.5) is 5.69 Å². The van der Waals surface area contributed by atoms with E-state index in [1.54, 1.807) is 24.3 Å². The van der Waals surface area contributed by atoms with Gasteiger partial charge in [-0.1, -0.05) is 18.2 Å². The molecule has 0 saturated heterocycles. The highest BCUT2D eigenvalue weighted by molar-refractivity contribution is 7.92. The molecule has 0 aliphatic carbocycles. The minimum Gasteiger partial charge on any atom is -0.497 e. The summed E-state index contributed by atoms with van der Waals surface area (Å²) in [4.78, 5) is 10.7. The molecule has 0 spiro atoms. The number of sulfonamides is 1. The first-order chi connectivity index (χ1) is 10.4. The predicted molar refractivity (Wildman–Crippen MR) is 81.6 cm³/mol. The van der Waals surface area contributed by atoms with E-state index < -0.39 is 16.0 Å². The molecule has 0 bridgehead atoms. The molecule has 2 aromatic rings. The van der Waals surface area contributed by atoms with Crippen LogP contribution in [-0.4, -0.2) is 26.6 Å². The van der Waals surface area contributed by atoms with Gasteiger partial charge < -0.3 is 9.84 Å². The molecular weight excluding hydrogens is 306 g/mol. The molecule has 0 aromatic heterocycles. The van der Waals surface area contributed by atoms with Crippen molar-refractivity contribution < 1.29 is 23.1 Å². The van der Waals surface area contributed by atoms with Gasteiger partial charge in [0.05, 0.1) is 24.1 Å². The summed E-state index contributed by atoms with van der Waals surface area (Å²) < 4.78 is 32.0. The molecule has 7 heteroatoms. The third kappa shape index (κ3) is 3.98. The lowest BCUT2D eigenvalue weighted by Crippen LogP contribution is -2.13. The maximum absolute atomic E-state index is 12.3. The van der Waals surface area contributed by atoms with Gasteiger partial charge in [0.2, 0.25) is 0 Å². The molecule has 22 heavy (non-hydrogen) atoms. The molecular formula is C15H15NO5S.